The average Bonchev–Trinajstić information content (AvgIpc) is 2.26. The van der Waals surface area contributed by atoms with Crippen LogP contribution in [0.5, 0.6) is 0 Å². The van der Waals surface area contributed by atoms with Crippen molar-refractivity contribution in [1.82, 2.24) is 0 Å². The van der Waals surface area contributed by atoms with Crippen LogP contribution in [0.25, 0.3) is 0 Å². The lowest BCUT2D eigenvalue weighted by molar-refractivity contribution is 0.0902. The van der Waals surface area contributed by atoms with Gasteiger partial charge < -0.3 is 5.11 Å². The second kappa shape index (κ2) is 5.26. The van der Waals surface area contributed by atoms with Crippen LogP contribution in [0.3, 0.4) is 0 Å². The highest BCUT2D eigenvalue weighted by Crippen LogP contribution is 2.25. The summed E-state index contributed by atoms with van der Waals surface area (Å²) in [5.74, 6) is 0.555. The first-order chi connectivity index (χ1) is 7.47. The summed E-state index contributed by atoms with van der Waals surface area (Å²) in [5, 5.41) is 8.92. The number of benzene rings is 1. The maximum Gasteiger partial charge on any atom is 0.188 e. The molecule has 0 fully saturated rings. The molecule has 1 N–H and O–H groups in total. The summed E-state index contributed by atoms with van der Waals surface area (Å²) < 4.78 is 0. The molecule has 1 aromatic rings. The van der Waals surface area contributed by atoms with Crippen molar-refractivity contribution >= 4 is 5.78 Å². The third-order valence-electron chi connectivity index (χ3n) is 2.81. The van der Waals surface area contributed by atoms with Gasteiger partial charge >= 0.3 is 0 Å². The Morgan fingerprint density at radius 1 is 1.19 bits per heavy atom. The normalized spacial score (nSPS) is 11.2. The average molecular weight is 220 g/mol. The number of Topliss-reactive ketones (excluding diaryl/α,β-unsaturated/α-hetero) is 1. The maximum absolute atomic E-state index is 11.6. The van der Waals surface area contributed by atoms with Crippen LogP contribution in [0, 0.1) is 0 Å². The summed E-state index contributed by atoms with van der Waals surface area (Å²) in [7, 11) is 0. The minimum Gasteiger partial charge on any atom is -0.388 e. The highest BCUT2D eigenvalue weighted by atomic mass is 16.3. The Bertz CT molecular complexity index is 378. The quantitative estimate of drug-likeness (QED) is 0.792. The molecule has 0 atom stereocenters. The predicted octanol–water partition coefficient (Wildman–Crippen LogP) is 3.11. The van der Waals surface area contributed by atoms with Crippen molar-refractivity contribution in [1.29, 1.82) is 0 Å². The molecule has 0 unspecified atom stereocenters. The van der Waals surface area contributed by atoms with Crippen LogP contribution in [-0.2, 0) is 0 Å². The predicted molar refractivity (Wildman–Crippen MR) is 66.0 cm³/mol. The lowest BCUT2D eigenvalue weighted by Crippen LogP contribution is -2.09. The summed E-state index contributed by atoms with van der Waals surface area (Å²) in [5.41, 5.74) is 2.92. The molecule has 0 heterocycles. The molecule has 16 heavy (non-hydrogen) atoms. The van der Waals surface area contributed by atoms with Crippen LogP contribution < -0.4 is 0 Å². The molecule has 88 valence electrons. The molecule has 0 amide bonds. The molecule has 1 rings (SSSR count). The Labute approximate surface area is 97.3 Å². The van der Waals surface area contributed by atoms with Crippen LogP contribution >= 0.6 is 0 Å². The number of ketones is 1. The van der Waals surface area contributed by atoms with Gasteiger partial charge in [0.15, 0.2) is 5.78 Å². The molecule has 0 aliphatic carbocycles. The topological polar surface area (TPSA) is 37.3 Å². The number of hydrogen-bond donors (Lipinski definition) is 1. The Kier molecular flexibility index (Phi) is 4.25. The van der Waals surface area contributed by atoms with Crippen molar-refractivity contribution in [3.63, 3.8) is 0 Å². The van der Waals surface area contributed by atoms with E-state index in [0.29, 0.717) is 17.4 Å². The van der Waals surface area contributed by atoms with Crippen molar-refractivity contribution in [2.45, 2.75) is 39.5 Å². The molecule has 0 saturated carbocycles. The fraction of sp³-hybridized carbons (Fsp3) is 0.500. The molecular formula is C14H20O2. The van der Waals surface area contributed by atoms with Gasteiger partial charge in [0.05, 0.1) is 0 Å². The third kappa shape index (κ3) is 2.70. The molecule has 0 aromatic heterocycles. The lowest BCUT2D eigenvalue weighted by Gasteiger charge is -2.15. The standard InChI is InChI=1S/C14H20O2/c1-9(2)11-5-6-12(14(16)8-15)13(7-11)10(3)4/h5-7,9-10,15H,8H2,1-4H3. The smallest absolute Gasteiger partial charge is 0.188 e. The van der Waals surface area contributed by atoms with Crippen LogP contribution in [0.15, 0.2) is 18.2 Å². The summed E-state index contributed by atoms with van der Waals surface area (Å²) >= 11 is 0. The molecule has 2 nitrogen and oxygen atoms in total. The van der Waals surface area contributed by atoms with E-state index in [1.54, 1.807) is 0 Å². The van der Waals surface area contributed by atoms with Gasteiger partial charge in [0.25, 0.3) is 0 Å². The Morgan fingerprint density at radius 3 is 2.25 bits per heavy atom. The molecule has 0 bridgehead atoms. The monoisotopic (exact) mass is 220 g/mol. The number of carbonyl (C=O) groups is 1. The molecule has 0 aliphatic rings. The first-order valence-corrected chi connectivity index (χ1v) is 5.75. The SMILES string of the molecule is CC(C)c1ccc(C(=O)CO)c(C(C)C)c1. The summed E-state index contributed by atoms with van der Waals surface area (Å²) in [6, 6.07) is 5.89. The van der Waals surface area contributed by atoms with Crippen LogP contribution in [-0.4, -0.2) is 17.5 Å². The van der Waals surface area contributed by atoms with E-state index in [1.807, 2.05) is 12.1 Å². The van der Waals surface area contributed by atoms with Gasteiger partial charge in [-0.15, -0.1) is 0 Å². The van der Waals surface area contributed by atoms with Crippen molar-refractivity contribution < 1.29 is 9.90 Å². The zero-order valence-corrected chi connectivity index (χ0v) is 10.4. The van der Waals surface area contributed by atoms with Gasteiger partial charge in [-0.05, 0) is 23.0 Å². The Morgan fingerprint density at radius 2 is 1.81 bits per heavy atom. The van der Waals surface area contributed by atoms with Crippen molar-refractivity contribution in [2.24, 2.45) is 0 Å². The van der Waals surface area contributed by atoms with Gasteiger partial charge in [-0.25, -0.2) is 0 Å². The first-order valence-electron chi connectivity index (χ1n) is 5.75. The number of aliphatic hydroxyl groups excluding tert-OH is 1. The summed E-state index contributed by atoms with van der Waals surface area (Å²) in [4.78, 5) is 11.6. The molecule has 0 spiro atoms. The van der Waals surface area contributed by atoms with Gasteiger partial charge in [0.1, 0.15) is 6.61 Å². The van der Waals surface area contributed by atoms with Gasteiger partial charge in [-0.3, -0.25) is 4.79 Å². The Hall–Kier alpha value is -1.15. The van der Waals surface area contributed by atoms with Crippen LogP contribution in [0.1, 0.15) is 61.0 Å². The molecule has 0 saturated heterocycles. The fourth-order valence-corrected chi connectivity index (χ4v) is 1.76. The molecule has 1 aromatic carbocycles. The van der Waals surface area contributed by atoms with Crippen LogP contribution in [0.2, 0.25) is 0 Å². The molecule has 0 radical (unpaired) electrons. The minimum atomic E-state index is -0.416. The first kappa shape index (κ1) is 12.9. The fourth-order valence-electron chi connectivity index (χ4n) is 1.76. The van der Waals surface area contributed by atoms with E-state index in [-0.39, 0.29) is 5.78 Å². The zero-order chi connectivity index (χ0) is 12.3. The molecule has 0 aliphatic heterocycles. The Balaban J connectivity index is 3.25. The van der Waals surface area contributed by atoms with Gasteiger partial charge in [0.2, 0.25) is 0 Å². The van der Waals surface area contributed by atoms with Gasteiger partial charge in [-0.2, -0.15) is 0 Å². The van der Waals surface area contributed by atoms with E-state index in [4.69, 9.17) is 5.11 Å². The van der Waals surface area contributed by atoms with E-state index < -0.39 is 6.61 Å². The second-order valence-electron chi connectivity index (χ2n) is 4.74. The van der Waals surface area contributed by atoms with Gasteiger partial charge in [-0.1, -0.05) is 45.9 Å². The van der Waals surface area contributed by atoms with E-state index >= 15 is 0 Å². The molecular weight excluding hydrogens is 200 g/mol. The highest BCUT2D eigenvalue weighted by Gasteiger charge is 2.14. The van der Waals surface area contributed by atoms with E-state index in [9.17, 15) is 4.79 Å². The third-order valence-corrected chi connectivity index (χ3v) is 2.81. The lowest BCUT2D eigenvalue weighted by atomic mass is 9.90. The second-order valence-corrected chi connectivity index (χ2v) is 4.74. The number of carbonyl (C=O) groups excluding carboxylic acids is 1. The van der Waals surface area contributed by atoms with Gasteiger partial charge in [0, 0.05) is 5.56 Å². The van der Waals surface area contributed by atoms with Crippen molar-refractivity contribution in [3.8, 4) is 0 Å². The van der Waals surface area contributed by atoms with Crippen LogP contribution in [0.4, 0.5) is 0 Å². The minimum absolute atomic E-state index is 0.195. The van der Waals surface area contributed by atoms with E-state index in [2.05, 4.69) is 33.8 Å². The summed E-state index contributed by atoms with van der Waals surface area (Å²) in [6.45, 7) is 7.97. The largest absolute Gasteiger partial charge is 0.388 e. The van der Waals surface area contributed by atoms with Crippen molar-refractivity contribution in [2.75, 3.05) is 6.61 Å². The summed E-state index contributed by atoms with van der Waals surface area (Å²) in [6.07, 6.45) is 0. The maximum atomic E-state index is 11.6. The number of rotatable bonds is 4. The van der Waals surface area contributed by atoms with E-state index in [1.165, 1.54) is 5.56 Å². The molecule has 2 heteroatoms. The number of hydrogen-bond acceptors (Lipinski definition) is 2. The number of aliphatic hydroxyl groups is 1. The van der Waals surface area contributed by atoms with E-state index in [0.717, 1.165) is 5.56 Å². The van der Waals surface area contributed by atoms with Crippen molar-refractivity contribution in [3.05, 3.63) is 34.9 Å². The highest BCUT2D eigenvalue weighted by molar-refractivity contribution is 5.98. The zero-order valence-electron chi connectivity index (χ0n) is 10.4.